The van der Waals surface area contributed by atoms with Crippen LogP contribution in [0.4, 0.5) is 5.82 Å². The Morgan fingerprint density at radius 3 is 2.00 bits per heavy atom. The molecule has 0 aliphatic rings. The second-order valence-corrected chi connectivity index (χ2v) is 8.11. The van der Waals surface area contributed by atoms with Crippen molar-refractivity contribution in [3.63, 3.8) is 0 Å². The van der Waals surface area contributed by atoms with E-state index in [1.807, 2.05) is 65.2 Å². The summed E-state index contributed by atoms with van der Waals surface area (Å²) in [5.41, 5.74) is 3.55. The Morgan fingerprint density at radius 1 is 0.839 bits per heavy atom. The van der Waals surface area contributed by atoms with Gasteiger partial charge < -0.3 is 14.8 Å². The van der Waals surface area contributed by atoms with E-state index in [0.29, 0.717) is 24.7 Å². The zero-order chi connectivity index (χ0) is 21.5. The number of imidazole rings is 1. The van der Waals surface area contributed by atoms with Crippen molar-refractivity contribution in [3.05, 3.63) is 119 Å². The van der Waals surface area contributed by atoms with Crippen LogP contribution in [0.3, 0.4) is 0 Å². The van der Waals surface area contributed by atoms with Crippen LogP contribution in [0.2, 0.25) is 5.02 Å². The number of benzene rings is 3. The molecule has 0 fully saturated rings. The molecular weight excluding hydrogens is 424 g/mol. The normalized spacial score (nSPS) is 10.6. The lowest BCUT2D eigenvalue weighted by Crippen LogP contribution is -2.34. The molecule has 3 aromatic carbocycles. The van der Waals surface area contributed by atoms with E-state index in [1.165, 1.54) is 11.1 Å². The minimum absolute atomic E-state index is 0.658. The molecule has 0 unspecified atom stereocenters. The van der Waals surface area contributed by atoms with Gasteiger partial charge in [-0.2, -0.15) is 0 Å². The number of thiocarbonyl (C=S) groups is 1. The molecule has 1 aromatic heterocycles. The molecule has 1 heterocycles. The van der Waals surface area contributed by atoms with Crippen molar-refractivity contribution in [2.75, 3.05) is 5.32 Å². The zero-order valence-corrected chi connectivity index (χ0v) is 18.6. The lowest BCUT2D eigenvalue weighted by Gasteiger charge is -2.26. The van der Waals surface area contributed by atoms with Crippen molar-refractivity contribution in [1.82, 2.24) is 14.5 Å². The van der Waals surface area contributed by atoms with Gasteiger partial charge in [0.05, 0.1) is 19.1 Å². The number of rotatable bonds is 7. The highest BCUT2D eigenvalue weighted by atomic mass is 35.5. The summed E-state index contributed by atoms with van der Waals surface area (Å²) in [6.45, 7) is 2.11. The van der Waals surface area contributed by atoms with Crippen molar-refractivity contribution >= 4 is 34.7 Å². The molecule has 6 heteroatoms. The van der Waals surface area contributed by atoms with Crippen LogP contribution in [0, 0.1) is 0 Å². The maximum atomic E-state index is 6.01. The van der Waals surface area contributed by atoms with Crippen LogP contribution in [0.25, 0.3) is 0 Å². The molecule has 156 valence electrons. The summed E-state index contributed by atoms with van der Waals surface area (Å²) in [5.74, 6) is 0.853. The molecule has 0 atom stereocenters. The monoisotopic (exact) mass is 446 g/mol. The van der Waals surface area contributed by atoms with Crippen LogP contribution in [0.1, 0.15) is 16.7 Å². The van der Waals surface area contributed by atoms with Crippen LogP contribution < -0.4 is 5.32 Å². The average Bonchev–Trinajstić information content (AvgIpc) is 3.22. The van der Waals surface area contributed by atoms with Crippen LogP contribution in [-0.2, 0) is 19.6 Å². The van der Waals surface area contributed by atoms with E-state index < -0.39 is 0 Å². The Labute approximate surface area is 193 Å². The van der Waals surface area contributed by atoms with E-state index in [0.717, 1.165) is 16.4 Å². The van der Waals surface area contributed by atoms with Crippen LogP contribution in [-0.4, -0.2) is 19.6 Å². The molecule has 0 spiro atoms. The summed E-state index contributed by atoms with van der Waals surface area (Å²) in [7, 11) is 0. The molecule has 0 radical (unpaired) electrons. The highest BCUT2D eigenvalue weighted by molar-refractivity contribution is 7.80. The second-order valence-electron chi connectivity index (χ2n) is 7.29. The van der Waals surface area contributed by atoms with Crippen molar-refractivity contribution in [3.8, 4) is 0 Å². The fourth-order valence-electron chi connectivity index (χ4n) is 3.33. The quantitative estimate of drug-likeness (QED) is 0.354. The van der Waals surface area contributed by atoms with Gasteiger partial charge in [-0.25, -0.2) is 4.98 Å². The number of aromatic nitrogens is 2. The average molecular weight is 447 g/mol. The molecule has 0 aliphatic carbocycles. The van der Waals surface area contributed by atoms with Gasteiger partial charge in [0.15, 0.2) is 5.11 Å². The van der Waals surface area contributed by atoms with Gasteiger partial charge in [-0.1, -0.05) is 84.4 Å². The molecule has 0 saturated heterocycles. The van der Waals surface area contributed by atoms with E-state index in [4.69, 9.17) is 23.8 Å². The number of nitrogens with zero attached hydrogens (tertiary/aromatic N) is 3. The predicted molar refractivity (Wildman–Crippen MR) is 131 cm³/mol. The molecule has 0 saturated carbocycles. The zero-order valence-electron chi connectivity index (χ0n) is 17.0. The van der Waals surface area contributed by atoms with Crippen molar-refractivity contribution in [1.29, 1.82) is 0 Å². The van der Waals surface area contributed by atoms with Gasteiger partial charge >= 0.3 is 0 Å². The standard InChI is InChI=1S/C25H23ClN4S/c26-23-13-11-22(12-14-23)18-30-19-27-15-24(30)28-25(31)29(16-20-7-3-1-4-8-20)17-21-9-5-2-6-10-21/h1-15,19H,16-18H2,(H,28,31). The number of hydrogen-bond donors (Lipinski definition) is 1. The van der Waals surface area contributed by atoms with Gasteiger partial charge in [0.2, 0.25) is 0 Å². The fourth-order valence-corrected chi connectivity index (χ4v) is 3.69. The first-order valence-electron chi connectivity index (χ1n) is 10.1. The van der Waals surface area contributed by atoms with E-state index in [9.17, 15) is 0 Å². The SMILES string of the molecule is S=C(Nc1cncn1Cc1ccc(Cl)cc1)N(Cc1ccccc1)Cc1ccccc1. The van der Waals surface area contributed by atoms with Gasteiger partial charge in [0, 0.05) is 18.1 Å². The summed E-state index contributed by atoms with van der Waals surface area (Å²) in [6.07, 6.45) is 3.60. The predicted octanol–water partition coefficient (Wildman–Crippen LogP) is 5.98. The molecule has 4 nitrogen and oxygen atoms in total. The van der Waals surface area contributed by atoms with Gasteiger partial charge in [0.25, 0.3) is 0 Å². The van der Waals surface area contributed by atoms with Gasteiger partial charge in [-0.05, 0) is 41.0 Å². The van der Waals surface area contributed by atoms with E-state index in [-0.39, 0.29) is 0 Å². The molecule has 0 aliphatic heterocycles. The fraction of sp³-hybridized carbons (Fsp3) is 0.120. The largest absolute Gasteiger partial charge is 0.340 e. The third kappa shape index (κ3) is 5.94. The molecule has 1 N–H and O–H groups in total. The molecule has 31 heavy (non-hydrogen) atoms. The molecule has 4 aromatic rings. The summed E-state index contributed by atoms with van der Waals surface area (Å²) < 4.78 is 2.04. The number of anilines is 1. The molecule has 0 bridgehead atoms. The van der Waals surface area contributed by atoms with Crippen LogP contribution >= 0.6 is 23.8 Å². The number of halogens is 1. The Balaban J connectivity index is 1.50. The Kier molecular flexibility index (Phi) is 6.97. The van der Waals surface area contributed by atoms with Gasteiger partial charge in [-0.3, -0.25) is 0 Å². The minimum Gasteiger partial charge on any atom is -0.340 e. The number of nitrogens with one attached hydrogen (secondary N) is 1. The smallest absolute Gasteiger partial charge is 0.175 e. The topological polar surface area (TPSA) is 33.1 Å². The lowest BCUT2D eigenvalue weighted by molar-refractivity contribution is 0.412. The van der Waals surface area contributed by atoms with Gasteiger partial charge in [0.1, 0.15) is 5.82 Å². The third-order valence-corrected chi connectivity index (χ3v) is 5.55. The lowest BCUT2D eigenvalue weighted by atomic mass is 10.2. The number of hydrogen-bond acceptors (Lipinski definition) is 2. The van der Waals surface area contributed by atoms with Gasteiger partial charge in [-0.15, -0.1) is 0 Å². The first kappa shape index (κ1) is 21.1. The molecular formula is C25H23ClN4S. The van der Waals surface area contributed by atoms with E-state index in [1.54, 1.807) is 12.5 Å². The summed E-state index contributed by atoms with van der Waals surface area (Å²) in [5, 5.41) is 4.78. The van der Waals surface area contributed by atoms with E-state index in [2.05, 4.69) is 39.5 Å². The Hall–Kier alpha value is -3.15. The molecule has 4 rings (SSSR count). The highest BCUT2D eigenvalue weighted by Crippen LogP contribution is 2.16. The summed E-state index contributed by atoms with van der Waals surface area (Å²) in [6, 6.07) is 28.5. The minimum atomic E-state index is 0.658. The van der Waals surface area contributed by atoms with Crippen molar-refractivity contribution in [2.24, 2.45) is 0 Å². The highest BCUT2D eigenvalue weighted by Gasteiger charge is 2.14. The van der Waals surface area contributed by atoms with Crippen molar-refractivity contribution < 1.29 is 0 Å². The first-order valence-corrected chi connectivity index (χ1v) is 10.8. The summed E-state index contributed by atoms with van der Waals surface area (Å²) in [4.78, 5) is 6.48. The summed E-state index contributed by atoms with van der Waals surface area (Å²) >= 11 is 11.8. The van der Waals surface area contributed by atoms with Crippen LogP contribution in [0.15, 0.2) is 97.5 Å². The van der Waals surface area contributed by atoms with E-state index >= 15 is 0 Å². The Bertz CT molecular complexity index is 1070. The second kappa shape index (κ2) is 10.2. The van der Waals surface area contributed by atoms with Crippen LogP contribution in [0.5, 0.6) is 0 Å². The van der Waals surface area contributed by atoms with Crippen molar-refractivity contribution in [2.45, 2.75) is 19.6 Å². The maximum Gasteiger partial charge on any atom is 0.175 e. The first-order chi connectivity index (χ1) is 15.2. The molecule has 0 amide bonds. The third-order valence-electron chi connectivity index (χ3n) is 4.93. The maximum absolute atomic E-state index is 6.01. The Morgan fingerprint density at radius 2 is 1.42 bits per heavy atom.